The maximum Gasteiger partial charge on any atom is 0.338 e. The van der Waals surface area contributed by atoms with E-state index in [4.69, 9.17) is 4.74 Å². The number of esters is 1. The molecule has 2 aromatic rings. The Morgan fingerprint density at radius 1 is 0.938 bits per heavy atom. The molecule has 1 atom stereocenters. The van der Waals surface area contributed by atoms with Crippen LogP contribution in [0.2, 0.25) is 0 Å². The first kappa shape index (κ1) is 29.3. The van der Waals surface area contributed by atoms with Gasteiger partial charge in [-0.2, -0.15) is 0 Å². The number of carbonyl (C=O) groups excluding carboxylic acids is 1. The Kier molecular flexibility index (Phi) is 13.9. The van der Waals surface area contributed by atoms with Crippen molar-refractivity contribution >= 4 is 12.2 Å². The highest BCUT2D eigenvalue weighted by atomic mass is 16.5. The molecule has 2 rings (SSSR count). The summed E-state index contributed by atoms with van der Waals surface area (Å²) in [5, 5.41) is 0. The van der Waals surface area contributed by atoms with Crippen LogP contribution < -0.4 is 0 Å². The summed E-state index contributed by atoms with van der Waals surface area (Å²) in [5.74, 6) is -0.133. The zero-order valence-electron chi connectivity index (χ0n) is 22.1. The number of nitrogens with zero attached hydrogens (tertiary/aromatic N) is 1. The van der Waals surface area contributed by atoms with Crippen LogP contribution in [-0.2, 0) is 11.2 Å². The van der Waals surface area contributed by atoms with E-state index in [1.807, 2.05) is 60.7 Å². The quantitative estimate of drug-likeness (QED) is 0.338. The molecule has 0 aliphatic rings. The van der Waals surface area contributed by atoms with Gasteiger partial charge in [-0.1, -0.05) is 58.0 Å². The fraction of sp³-hybridized carbons (Fsp3) is 0.448. The van der Waals surface area contributed by atoms with Gasteiger partial charge in [0.1, 0.15) is 0 Å². The minimum absolute atomic E-state index is 0.156. The third kappa shape index (κ3) is 7.19. The number of carbonyl (C=O) groups is 1. The van der Waals surface area contributed by atoms with Crippen LogP contribution in [0, 0.1) is 27.7 Å². The Morgan fingerprint density at radius 3 is 2.09 bits per heavy atom. The van der Waals surface area contributed by atoms with Gasteiger partial charge in [0.15, 0.2) is 0 Å². The summed E-state index contributed by atoms with van der Waals surface area (Å²) >= 11 is 0. The summed E-state index contributed by atoms with van der Waals surface area (Å²) in [7, 11) is 1.42. The van der Waals surface area contributed by atoms with Crippen molar-refractivity contribution in [1.29, 1.82) is 0 Å². The summed E-state index contributed by atoms with van der Waals surface area (Å²) < 4.78 is 4.91. The van der Waals surface area contributed by atoms with E-state index >= 15 is 0 Å². The van der Waals surface area contributed by atoms with E-state index in [1.54, 1.807) is 0 Å². The zero-order valence-corrected chi connectivity index (χ0v) is 22.1. The number of methoxy groups -OCH3 is 1. The number of aryl methyl sites for hydroxylation is 1. The normalized spacial score (nSPS) is 11.8. The van der Waals surface area contributed by atoms with E-state index in [0.29, 0.717) is 5.56 Å². The van der Waals surface area contributed by atoms with Gasteiger partial charge >= 0.3 is 5.97 Å². The molecule has 0 fully saturated rings. The molecule has 2 aromatic carbocycles. The van der Waals surface area contributed by atoms with Gasteiger partial charge in [0, 0.05) is 17.8 Å². The molecule has 176 valence electrons. The fourth-order valence-corrected chi connectivity index (χ4v) is 3.69. The number of hydrogen-bond donors (Lipinski definition) is 0. The Balaban J connectivity index is 0.00000227. The lowest BCUT2D eigenvalue weighted by molar-refractivity contribution is 0.0599. The Bertz CT molecular complexity index is 923. The van der Waals surface area contributed by atoms with E-state index in [1.165, 1.54) is 29.4 Å². The van der Waals surface area contributed by atoms with Crippen LogP contribution in [0.5, 0.6) is 0 Å². The monoisotopic (exact) mass is 437 g/mol. The van der Waals surface area contributed by atoms with Crippen molar-refractivity contribution in [2.24, 2.45) is 4.99 Å². The Hall–Kier alpha value is -2.68. The van der Waals surface area contributed by atoms with Crippen LogP contribution in [0.25, 0.3) is 0 Å². The maximum absolute atomic E-state index is 12.0. The summed E-state index contributed by atoms with van der Waals surface area (Å²) in [6.07, 6.45) is 4.78. The Labute approximate surface area is 196 Å². The topological polar surface area (TPSA) is 38.7 Å². The first-order valence-corrected chi connectivity index (χ1v) is 11.7. The highest BCUT2D eigenvalue weighted by Crippen LogP contribution is 2.34. The number of allylic oxidation sites excluding steroid dienone is 2. The smallest absolute Gasteiger partial charge is 0.338 e. The highest BCUT2D eigenvalue weighted by molar-refractivity contribution is 5.91. The van der Waals surface area contributed by atoms with E-state index in [-0.39, 0.29) is 11.9 Å². The van der Waals surface area contributed by atoms with E-state index in [0.717, 1.165) is 23.2 Å². The van der Waals surface area contributed by atoms with Crippen LogP contribution in [0.1, 0.15) is 91.2 Å². The van der Waals surface area contributed by atoms with Crippen LogP contribution in [0.3, 0.4) is 0 Å². The number of benzene rings is 2. The molecule has 3 nitrogen and oxygen atoms in total. The first-order chi connectivity index (χ1) is 15.3. The molecule has 0 radical (unpaired) electrons. The summed E-state index contributed by atoms with van der Waals surface area (Å²) in [6, 6.07) is 10.4. The molecule has 0 aliphatic carbocycles. The van der Waals surface area contributed by atoms with Crippen molar-refractivity contribution in [2.75, 3.05) is 7.11 Å². The lowest BCUT2D eigenvalue weighted by atomic mass is 9.83. The SMILES string of the molecule is CC.CC.CC=N/C(=C\C)C(Cc1ccc(C(=O)OC)c(C)c1C)c1cccc(C)c1C. The van der Waals surface area contributed by atoms with Crippen molar-refractivity contribution in [3.8, 4) is 0 Å². The number of aliphatic imine (C=N–C) groups is 1. The second kappa shape index (κ2) is 15.2. The molecule has 0 saturated heterocycles. The Morgan fingerprint density at radius 2 is 1.56 bits per heavy atom. The average Bonchev–Trinajstić information content (AvgIpc) is 2.83. The van der Waals surface area contributed by atoms with Gasteiger partial charge < -0.3 is 4.74 Å². The number of ether oxygens (including phenoxy) is 1. The fourth-order valence-electron chi connectivity index (χ4n) is 3.69. The van der Waals surface area contributed by atoms with E-state index < -0.39 is 0 Å². The number of hydrogen-bond acceptors (Lipinski definition) is 3. The standard InChI is InChI=1S/C25H31NO2.2C2H6/c1-8-24(26-9-2)23(21-12-10-11-16(3)17(21)4)15-20-13-14-22(25(27)28-7)19(6)18(20)5;2*1-2/h8-14,23H,15H2,1-7H3;2*1-2H3/b24-8-,26-9?;;. The van der Waals surface area contributed by atoms with Crippen molar-refractivity contribution in [2.45, 2.75) is 81.6 Å². The molecule has 0 spiro atoms. The van der Waals surface area contributed by atoms with Crippen LogP contribution in [0.4, 0.5) is 0 Å². The van der Waals surface area contributed by atoms with Crippen molar-refractivity contribution in [3.05, 3.63) is 81.0 Å². The molecule has 0 N–H and O–H groups in total. The molecule has 32 heavy (non-hydrogen) atoms. The third-order valence-corrected chi connectivity index (χ3v) is 5.68. The van der Waals surface area contributed by atoms with Crippen LogP contribution >= 0.6 is 0 Å². The van der Waals surface area contributed by atoms with Gasteiger partial charge in [-0.15, -0.1) is 0 Å². The molecule has 0 bridgehead atoms. The number of rotatable bonds is 6. The zero-order chi connectivity index (χ0) is 24.8. The predicted molar refractivity (Wildman–Crippen MR) is 140 cm³/mol. The van der Waals surface area contributed by atoms with E-state index in [2.05, 4.69) is 56.1 Å². The molecule has 0 saturated carbocycles. The molecule has 0 amide bonds. The van der Waals surface area contributed by atoms with Crippen molar-refractivity contribution in [3.63, 3.8) is 0 Å². The van der Waals surface area contributed by atoms with Gasteiger partial charge in [0.25, 0.3) is 0 Å². The van der Waals surface area contributed by atoms with Gasteiger partial charge in [-0.3, -0.25) is 4.99 Å². The molecular formula is C29H43NO2. The van der Waals surface area contributed by atoms with Gasteiger partial charge in [-0.25, -0.2) is 4.79 Å². The van der Waals surface area contributed by atoms with Gasteiger partial charge in [0.2, 0.25) is 0 Å². The lowest BCUT2D eigenvalue weighted by Gasteiger charge is -2.23. The second-order valence-electron chi connectivity index (χ2n) is 7.16. The maximum atomic E-state index is 12.0. The molecule has 3 heteroatoms. The lowest BCUT2D eigenvalue weighted by Crippen LogP contribution is -2.11. The summed E-state index contributed by atoms with van der Waals surface area (Å²) in [4.78, 5) is 16.7. The largest absolute Gasteiger partial charge is 0.465 e. The molecular weight excluding hydrogens is 394 g/mol. The van der Waals surface area contributed by atoms with Crippen LogP contribution in [-0.4, -0.2) is 19.3 Å². The summed E-state index contributed by atoms with van der Waals surface area (Å²) in [6.45, 7) is 20.4. The van der Waals surface area contributed by atoms with E-state index in [9.17, 15) is 4.79 Å². The van der Waals surface area contributed by atoms with Gasteiger partial charge in [0.05, 0.1) is 12.7 Å². The van der Waals surface area contributed by atoms with Crippen LogP contribution in [0.15, 0.2) is 47.1 Å². The molecule has 0 aliphatic heterocycles. The minimum atomic E-state index is -0.289. The predicted octanol–water partition coefficient (Wildman–Crippen LogP) is 8.08. The van der Waals surface area contributed by atoms with Gasteiger partial charge in [-0.05, 0) is 87.4 Å². The third-order valence-electron chi connectivity index (χ3n) is 5.68. The summed E-state index contributed by atoms with van der Waals surface area (Å²) in [5.41, 5.74) is 8.91. The molecule has 0 aromatic heterocycles. The first-order valence-electron chi connectivity index (χ1n) is 11.7. The second-order valence-corrected chi connectivity index (χ2v) is 7.16. The average molecular weight is 438 g/mol. The molecule has 1 unspecified atom stereocenters. The minimum Gasteiger partial charge on any atom is -0.465 e. The van der Waals surface area contributed by atoms with Crippen molar-refractivity contribution < 1.29 is 9.53 Å². The highest BCUT2D eigenvalue weighted by Gasteiger charge is 2.21. The van der Waals surface area contributed by atoms with Crippen molar-refractivity contribution in [1.82, 2.24) is 0 Å². The molecule has 0 heterocycles.